The van der Waals surface area contributed by atoms with E-state index in [1.807, 2.05) is 18.2 Å². The molecular formula is C10H7ClN4. The second-order valence-electron chi connectivity index (χ2n) is 3.22. The fourth-order valence-electron chi connectivity index (χ4n) is 1.61. The van der Waals surface area contributed by atoms with E-state index in [0.717, 1.165) is 22.2 Å². The number of fused-ring (bicyclic) bond motifs is 1. The molecule has 0 aliphatic rings. The number of hydrogen-bond donors (Lipinski definition) is 2. The van der Waals surface area contributed by atoms with Crippen LogP contribution in [0.25, 0.3) is 22.2 Å². The molecule has 0 saturated carbocycles. The molecule has 2 aromatic heterocycles. The van der Waals surface area contributed by atoms with Gasteiger partial charge in [0.15, 0.2) is 0 Å². The monoisotopic (exact) mass is 218 g/mol. The van der Waals surface area contributed by atoms with Crippen molar-refractivity contribution in [3.8, 4) is 11.3 Å². The predicted molar refractivity (Wildman–Crippen MR) is 58.7 cm³/mol. The van der Waals surface area contributed by atoms with E-state index in [1.165, 1.54) is 0 Å². The van der Waals surface area contributed by atoms with Crippen LogP contribution in [0.5, 0.6) is 0 Å². The molecule has 0 atom stereocenters. The number of aromatic nitrogens is 4. The molecule has 0 aliphatic heterocycles. The summed E-state index contributed by atoms with van der Waals surface area (Å²) >= 11 is 6.04. The van der Waals surface area contributed by atoms with Gasteiger partial charge in [-0.15, -0.1) is 0 Å². The lowest BCUT2D eigenvalue weighted by molar-refractivity contribution is 1.09. The minimum atomic E-state index is 0.676. The van der Waals surface area contributed by atoms with Gasteiger partial charge in [-0.2, -0.15) is 10.2 Å². The van der Waals surface area contributed by atoms with Crippen molar-refractivity contribution in [1.82, 2.24) is 20.4 Å². The molecular weight excluding hydrogens is 212 g/mol. The number of hydrogen-bond acceptors (Lipinski definition) is 2. The van der Waals surface area contributed by atoms with Gasteiger partial charge in [0.2, 0.25) is 0 Å². The van der Waals surface area contributed by atoms with Gasteiger partial charge in [-0.05, 0) is 6.07 Å². The molecule has 0 fully saturated rings. The van der Waals surface area contributed by atoms with Crippen molar-refractivity contribution < 1.29 is 0 Å². The van der Waals surface area contributed by atoms with E-state index in [9.17, 15) is 0 Å². The number of H-pyrrole nitrogens is 2. The zero-order chi connectivity index (χ0) is 10.3. The largest absolute Gasteiger partial charge is 0.285 e. The average Bonchev–Trinajstić information content (AvgIpc) is 2.85. The maximum absolute atomic E-state index is 6.04. The van der Waals surface area contributed by atoms with E-state index < -0.39 is 0 Å². The standard InChI is InChI=1S/C10H7ClN4/c11-8-3-1-2-7-9(14-15-10(7)8)6-4-12-13-5-6/h1-5H,(H,12,13)(H,14,15). The van der Waals surface area contributed by atoms with Crippen LogP contribution in [0.1, 0.15) is 0 Å². The molecule has 5 heteroatoms. The third-order valence-corrected chi connectivity index (χ3v) is 2.63. The summed E-state index contributed by atoms with van der Waals surface area (Å²) in [6, 6.07) is 5.72. The van der Waals surface area contributed by atoms with Crippen molar-refractivity contribution in [2.24, 2.45) is 0 Å². The number of rotatable bonds is 1. The highest BCUT2D eigenvalue weighted by Crippen LogP contribution is 2.29. The van der Waals surface area contributed by atoms with Gasteiger partial charge < -0.3 is 0 Å². The highest BCUT2D eigenvalue weighted by molar-refractivity contribution is 6.35. The molecule has 0 saturated heterocycles. The number of halogens is 1. The summed E-state index contributed by atoms with van der Waals surface area (Å²) < 4.78 is 0. The molecule has 74 valence electrons. The van der Waals surface area contributed by atoms with Crippen LogP contribution in [0.4, 0.5) is 0 Å². The van der Waals surface area contributed by atoms with Crippen LogP contribution in [0, 0.1) is 0 Å². The molecule has 2 heterocycles. The predicted octanol–water partition coefficient (Wildman–Crippen LogP) is 2.61. The Balaban J connectivity index is 2.34. The highest BCUT2D eigenvalue weighted by Gasteiger charge is 2.10. The Labute approximate surface area is 90.3 Å². The lowest BCUT2D eigenvalue weighted by Gasteiger charge is -1.93. The van der Waals surface area contributed by atoms with Crippen LogP contribution < -0.4 is 0 Å². The number of nitrogens with one attached hydrogen (secondary N) is 2. The van der Waals surface area contributed by atoms with Gasteiger partial charge in [0.25, 0.3) is 0 Å². The molecule has 15 heavy (non-hydrogen) atoms. The van der Waals surface area contributed by atoms with Crippen LogP contribution in [0.15, 0.2) is 30.6 Å². The first-order valence-corrected chi connectivity index (χ1v) is 4.86. The van der Waals surface area contributed by atoms with E-state index in [0.29, 0.717) is 5.02 Å². The Bertz CT molecular complexity index is 597. The number of aromatic amines is 2. The minimum absolute atomic E-state index is 0.676. The smallest absolute Gasteiger partial charge is 0.103 e. The summed E-state index contributed by atoms with van der Waals surface area (Å²) in [4.78, 5) is 0. The van der Waals surface area contributed by atoms with Crippen LogP contribution in [-0.2, 0) is 0 Å². The summed E-state index contributed by atoms with van der Waals surface area (Å²) in [7, 11) is 0. The maximum atomic E-state index is 6.04. The van der Waals surface area contributed by atoms with Crippen molar-refractivity contribution in [3.63, 3.8) is 0 Å². The van der Waals surface area contributed by atoms with E-state index in [-0.39, 0.29) is 0 Å². The van der Waals surface area contributed by atoms with Gasteiger partial charge in [-0.25, -0.2) is 0 Å². The third-order valence-electron chi connectivity index (χ3n) is 2.32. The van der Waals surface area contributed by atoms with Gasteiger partial charge in [-0.1, -0.05) is 23.7 Å². The van der Waals surface area contributed by atoms with Crippen LogP contribution >= 0.6 is 11.6 Å². The highest BCUT2D eigenvalue weighted by atomic mass is 35.5. The summed E-state index contributed by atoms with van der Waals surface area (Å²) in [6.07, 6.45) is 3.53. The third kappa shape index (κ3) is 1.22. The van der Waals surface area contributed by atoms with E-state index in [4.69, 9.17) is 11.6 Å². The fourth-order valence-corrected chi connectivity index (χ4v) is 1.82. The number of nitrogens with zero attached hydrogens (tertiary/aromatic N) is 2. The minimum Gasteiger partial charge on any atom is -0.285 e. The van der Waals surface area contributed by atoms with Crippen LogP contribution in [-0.4, -0.2) is 20.4 Å². The fraction of sp³-hybridized carbons (Fsp3) is 0. The molecule has 0 unspecified atom stereocenters. The summed E-state index contributed by atoms with van der Waals surface area (Å²) in [5.74, 6) is 0. The van der Waals surface area contributed by atoms with Gasteiger partial charge in [-0.3, -0.25) is 10.2 Å². The second-order valence-corrected chi connectivity index (χ2v) is 3.63. The zero-order valence-electron chi connectivity index (χ0n) is 7.66. The average molecular weight is 219 g/mol. The van der Waals surface area contributed by atoms with Gasteiger partial charge >= 0.3 is 0 Å². The first-order valence-electron chi connectivity index (χ1n) is 4.48. The Morgan fingerprint density at radius 1 is 1.27 bits per heavy atom. The molecule has 3 rings (SSSR count). The van der Waals surface area contributed by atoms with Crippen LogP contribution in [0.2, 0.25) is 5.02 Å². The maximum Gasteiger partial charge on any atom is 0.103 e. The lowest BCUT2D eigenvalue weighted by atomic mass is 10.1. The SMILES string of the molecule is Clc1cccc2c(-c3cn[nH]c3)n[nH]c12. The molecule has 0 amide bonds. The molecule has 0 bridgehead atoms. The molecule has 2 N–H and O–H groups in total. The summed E-state index contributed by atoms with van der Waals surface area (Å²) in [5, 5.41) is 15.5. The molecule has 0 spiro atoms. The van der Waals surface area contributed by atoms with E-state index >= 15 is 0 Å². The zero-order valence-corrected chi connectivity index (χ0v) is 8.42. The van der Waals surface area contributed by atoms with Gasteiger partial charge in [0.05, 0.1) is 16.7 Å². The van der Waals surface area contributed by atoms with Crippen molar-refractivity contribution in [3.05, 3.63) is 35.6 Å². The first kappa shape index (κ1) is 8.49. The van der Waals surface area contributed by atoms with Gasteiger partial charge in [0, 0.05) is 17.1 Å². The molecule has 0 aliphatic carbocycles. The lowest BCUT2D eigenvalue weighted by Crippen LogP contribution is -1.73. The normalized spacial score (nSPS) is 11.0. The first-order chi connectivity index (χ1) is 7.36. The van der Waals surface area contributed by atoms with Crippen molar-refractivity contribution in [1.29, 1.82) is 0 Å². The topological polar surface area (TPSA) is 57.4 Å². The summed E-state index contributed by atoms with van der Waals surface area (Å²) in [5.41, 5.74) is 2.67. The van der Waals surface area contributed by atoms with Gasteiger partial charge in [0.1, 0.15) is 5.69 Å². The molecule has 3 aromatic rings. The molecule has 1 aromatic carbocycles. The Kier molecular flexibility index (Phi) is 1.76. The molecule has 0 radical (unpaired) electrons. The Morgan fingerprint density at radius 3 is 3.00 bits per heavy atom. The Morgan fingerprint density at radius 2 is 2.20 bits per heavy atom. The molecule has 4 nitrogen and oxygen atoms in total. The Hall–Kier alpha value is -1.81. The number of para-hydroxylation sites is 1. The van der Waals surface area contributed by atoms with Crippen molar-refractivity contribution in [2.45, 2.75) is 0 Å². The van der Waals surface area contributed by atoms with Crippen molar-refractivity contribution in [2.75, 3.05) is 0 Å². The second kappa shape index (κ2) is 3.10. The number of benzene rings is 1. The van der Waals surface area contributed by atoms with Crippen molar-refractivity contribution >= 4 is 22.5 Å². The quantitative estimate of drug-likeness (QED) is 0.660. The van der Waals surface area contributed by atoms with E-state index in [1.54, 1.807) is 12.4 Å². The van der Waals surface area contributed by atoms with E-state index in [2.05, 4.69) is 20.4 Å². The summed E-state index contributed by atoms with van der Waals surface area (Å²) in [6.45, 7) is 0. The van der Waals surface area contributed by atoms with Crippen LogP contribution in [0.3, 0.4) is 0 Å².